The van der Waals surface area contributed by atoms with Gasteiger partial charge in [-0.1, -0.05) is 12.1 Å². The molecule has 2 saturated heterocycles. The molecule has 1 unspecified atom stereocenters. The summed E-state index contributed by atoms with van der Waals surface area (Å²) >= 11 is 0. The molecule has 7 rings (SSSR count). The Labute approximate surface area is 266 Å². The number of likely N-dealkylation sites (tertiary alicyclic amines) is 1. The van der Waals surface area contributed by atoms with E-state index in [1.54, 1.807) is 30.5 Å². The molecule has 242 valence electrons. The van der Waals surface area contributed by atoms with Gasteiger partial charge in [-0.3, -0.25) is 15.0 Å². The van der Waals surface area contributed by atoms with Gasteiger partial charge < -0.3 is 14.0 Å². The molecular formula is C32H29F4N9O2. The first-order chi connectivity index (χ1) is 22.7. The zero-order valence-corrected chi connectivity index (χ0v) is 25.0. The number of imidazole rings is 1. The van der Waals surface area contributed by atoms with Crippen LogP contribution >= 0.6 is 0 Å². The Bertz CT molecular complexity index is 1940. The lowest BCUT2D eigenvalue weighted by Crippen LogP contribution is -2.35. The number of aromatic nitrogens is 7. The second kappa shape index (κ2) is 12.7. The molecule has 0 spiro atoms. The molecule has 1 aromatic carbocycles. The average molecular weight is 648 g/mol. The van der Waals surface area contributed by atoms with E-state index in [1.807, 2.05) is 23.3 Å². The number of halogens is 4. The number of nitrogens with one attached hydrogen (secondary N) is 1. The van der Waals surface area contributed by atoms with Crippen LogP contribution < -0.4 is 4.74 Å². The van der Waals surface area contributed by atoms with Crippen molar-refractivity contribution in [3.8, 4) is 23.5 Å². The van der Waals surface area contributed by atoms with Crippen molar-refractivity contribution in [1.82, 2.24) is 39.6 Å². The van der Waals surface area contributed by atoms with Crippen LogP contribution in [0.5, 0.6) is 5.88 Å². The maximum Gasteiger partial charge on any atom is 0.451 e. The quantitative estimate of drug-likeness (QED) is 0.209. The van der Waals surface area contributed by atoms with Gasteiger partial charge in [0.15, 0.2) is 5.82 Å². The number of ether oxygens (including phenoxy) is 2. The molecule has 0 saturated carbocycles. The van der Waals surface area contributed by atoms with E-state index in [-0.39, 0.29) is 35.7 Å². The number of hydrogen-bond donors (Lipinski definition) is 1. The smallest absolute Gasteiger partial charge is 0.451 e. The van der Waals surface area contributed by atoms with Crippen LogP contribution in [0, 0.1) is 17.1 Å². The van der Waals surface area contributed by atoms with Crippen molar-refractivity contribution >= 4 is 11.0 Å². The zero-order valence-electron chi connectivity index (χ0n) is 25.0. The van der Waals surface area contributed by atoms with Crippen molar-refractivity contribution in [2.75, 3.05) is 19.7 Å². The lowest BCUT2D eigenvalue weighted by atomic mass is 9.93. The van der Waals surface area contributed by atoms with E-state index in [2.05, 4.69) is 24.5 Å². The largest absolute Gasteiger partial charge is 0.473 e. The summed E-state index contributed by atoms with van der Waals surface area (Å²) in [6.45, 7) is 3.50. The Morgan fingerprint density at radius 3 is 2.60 bits per heavy atom. The van der Waals surface area contributed by atoms with Gasteiger partial charge in [0, 0.05) is 29.8 Å². The third-order valence-electron chi connectivity index (χ3n) is 8.55. The topological polar surface area (TPSA) is 131 Å². The highest BCUT2D eigenvalue weighted by molar-refractivity contribution is 5.78. The molecule has 47 heavy (non-hydrogen) atoms. The molecule has 0 bridgehead atoms. The summed E-state index contributed by atoms with van der Waals surface area (Å²) in [6, 6.07) is 13.4. The summed E-state index contributed by atoms with van der Waals surface area (Å²) in [5, 5.41) is 14.6. The molecule has 1 N–H and O–H groups in total. The van der Waals surface area contributed by atoms with Crippen LogP contribution in [-0.2, 0) is 30.6 Å². The Hall–Kier alpha value is -4.94. The second-order valence-electron chi connectivity index (χ2n) is 11.6. The molecule has 11 nitrogen and oxygen atoms in total. The van der Waals surface area contributed by atoms with Gasteiger partial charge in [-0.2, -0.15) is 23.5 Å². The van der Waals surface area contributed by atoms with Crippen LogP contribution in [0.2, 0.25) is 0 Å². The minimum atomic E-state index is -4.64. The van der Waals surface area contributed by atoms with Gasteiger partial charge in [-0.15, -0.1) is 0 Å². The van der Waals surface area contributed by atoms with Crippen molar-refractivity contribution in [2.45, 2.75) is 57.2 Å². The summed E-state index contributed by atoms with van der Waals surface area (Å²) in [5.74, 6) is -0.371. The molecule has 0 radical (unpaired) electrons. The minimum Gasteiger partial charge on any atom is -0.473 e. The molecule has 2 fully saturated rings. The van der Waals surface area contributed by atoms with E-state index in [9.17, 15) is 17.6 Å². The Kier molecular flexibility index (Phi) is 8.29. The van der Waals surface area contributed by atoms with Crippen LogP contribution in [-0.4, -0.2) is 65.4 Å². The van der Waals surface area contributed by atoms with E-state index >= 15 is 0 Å². The molecule has 2 aliphatic heterocycles. The van der Waals surface area contributed by atoms with E-state index in [1.165, 1.54) is 6.07 Å². The molecule has 0 aliphatic carbocycles. The number of nitrogens with zero attached hydrogens (tertiary/aromatic N) is 8. The molecule has 2 aliphatic rings. The number of piperidine rings is 1. The Balaban J connectivity index is 1.02. The van der Waals surface area contributed by atoms with Crippen LogP contribution in [0.4, 0.5) is 17.6 Å². The lowest BCUT2D eigenvalue weighted by molar-refractivity contribution is -0.144. The van der Waals surface area contributed by atoms with Crippen molar-refractivity contribution in [3.63, 3.8) is 0 Å². The first-order valence-electron chi connectivity index (χ1n) is 15.2. The van der Waals surface area contributed by atoms with E-state index in [0.29, 0.717) is 36.7 Å². The highest BCUT2D eigenvalue weighted by Gasteiger charge is 2.35. The fourth-order valence-electron chi connectivity index (χ4n) is 5.87. The summed E-state index contributed by atoms with van der Waals surface area (Å²) in [6.07, 6.45) is -0.304. The van der Waals surface area contributed by atoms with Gasteiger partial charge in [-0.25, -0.2) is 19.3 Å². The lowest BCUT2D eigenvalue weighted by Gasteiger charge is -2.32. The van der Waals surface area contributed by atoms with Gasteiger partial charge in [0.2, 0.25) is 11.7 Å². The normalized spacial score (nSPS) is 17.5. The molecule has 0 amide bonds. The van der Waals surface area contributed by atoms with Gasteiger partial charge >= 0.3 is 6.18 Å². The second-order valence-corrected chi connectivity index (χ2v) is 11.6. The van der Waals surface area contributed by atoms with Crippen LogP contribution in [0.25, 0.3) is 22.6 Å². The molecule has 6 heterocycles. The Morgan fingerprint density at radius 1 is 1.06 bits per heavy atom. The summed E-state index contributed by atoms with van der Waals surface area (Å²) in [7, 11) is 0. The summed E-state index contributed by atoms with van der Waals surface area (Å²) in [5.41, 5.74) is 3.07. The zero-order chi connectivity index (χ0) is 32.5. The SMILES string of the molecule is N#Cc1ccc(COc2cccc(C3CCN(Cc4nc5cc(-c6n[nH]c(C(F)(F)F)n6)ncc5n4CC4CCO4)CC3)n2)c(F)c1. The number of nitriles is 1. The van der Waals surface area contributed by atoms with Crippen molar-refractivity contribution in [2.24, 2.45) is 0 Å². The molecule has 4 aromatic heterocycles. The fraction of sp³-hybridized carbons (Fsp3) is 0.375. The number of fused-ring (bicyclic) bond motifs is 1. The molecule has 5 aromatic rings. The van der Waals surface area contributed by atoms with Crippen molar-refractivity contribution < 1.29 is 27.0 Å². The van der Waals surface area contributed by atoms with Gasteiger partial charge in [-0.05, 0) is 56.6 Å². The standard InChI is InChI=1S/C32H29F4N9O2/c33-23-12-19(14-37)4-5-21(23)18-47-29-3-1-2-24(40-29)20-6-9-44(10-7-20)17-28-39-25-13-26(30-41-31(43-42-30)32(34,35)36)38-15-27(25)45(28)16-22-8-11-46-22/h1-5,12-13,15,20,22H,6-11,16-18H2,(H,41,42,43). The number of H-pyrrole nitrogens is 1. The highest BCUT2D eigenvalue weighted by Crippen LogP contribution is 2.31. The van der Waals surface area contributed by atoms with E-state index in [0.717, 1.165) is 49.4 Å². The molecular weight excluding hydrogens is 618 g/mol. The first kappa shape index (κ1) is 30.7. The maximum atomic E-state index is 14.3. The number of rotatable bonds is 9. The summed E-state index contributed by atoms with van der Waals surface area (Å²) < 4.78 is 67.0. The Morgan fingerprint density at radius 2 is 1.89 bits per heavy atom. The predicted molar refractivity (Wildman–Crippen MR) is 159 cm³/mol. The number of benzene rings is 1. The number of hydrogen-bond acceptors (Lipinski definition) is 9. The van der Waals surface area contributed by atoms with Crippen LogP contribution in [0.1, 0.15) is 53.7 Å². The predicted octanol–water partition coefficient (Wildman–Crippen LogP) is 5.39. The first-order valence-corrected chi connectivity index (χ1v) is 15.2. The van der Waals surface area contributed by atoms with E-state index in [4.69, 9.17) is 24.7 Å². The number of pyridine rings is 2. The van der Waals surface area contributed by atoms with Crippen molar-refractivity contribution in [1.29, 1.82) is 5.26 Å². The van der Waals surface area contributed by atoms with E-state index < -0.39 is 17.8 Å². The average Bonchev–Trinajstić information content (AvgIpc) is 3.68. The van der Waals surface area contributed by atoms with Crippen LogP contribution in [0.3, 0.4) is 0 Å². The molecule has 1 atom stereocenters. The third-order valence-corrected chi connectivity index (χ3v) is 8.55. The maximum absolute atomic E-state index is 14.3. The number of aromatic amines is 1. The van der Waals surface area contributed by atoms with Crippen molar-refractivity contribution in [3.05, 3.63) is 82.9 Å². The highest BCUT2D eigenvalue weighted by atomic mass is 19.4. The van der Waals surface area contributed by atoms with Gasteiger partial charge in [0.05, 0.1) is 48.1 Å². The third kappa shape index (κ3) is 6.65. The van der Waals surface area contributed by atoms with Gasteiger partial charge in [0.1, 0.15) is 23.9 Å². The van der Waals surface area contributed by atoms with Crippen LogP contribution in [0.15, 0.2) is 48.7 Å². The minimum absolute atomic E-state index is 0.00313. The summed E-state index contributed by atoms with van der Waals surface area (Å²) in [4.78, 5) is 19.8. The number of alkyl halides is 3. The van der Waals surface area contributed by atoms with Gasteiger partial charge in [0.25, 0.3) is 0 Å². The monoisotopic (exact) mass is 647 g/mol. The fourth-order valence-corrected chi connectivity index (χ4v) is 5.87. The molecule has 15 heteroatoms.